The van der Waals surface area contributed by atoms with Crippen LogP contribution in [0.4, 0.5) is 0 Å². The van der Waals surface area contributed by atoms with E-state index in [1.165, 1.54) is 19.3 Å². The Kier molecular flexibility index (Phi) is 1.46. The van der Waals surface area contributed by atoms with Gasteiger partial charge >= 0.3 is 0 Å². The largest absolute Gasteiger partial charge is 0.395 e. The van der Waals surface area contributed by atoms with E-state index >= 15 is 0 Å². The molecule has 2 bridgehead atoms. The molecule has 2 heteroatoms. The maximum atomic E-state index is 8.96. The lowest BCUT2D eigenvalue weighted by molar-refractivity contribution is -0.0333. The lowest BCUT2D eigenvalue weighted by Crippen LogP contribution is -2.55. The second kappa shape index (κ2) is 2.21. The first-order valence-corrected chi connectivity index (χ1v) is 4.14. The molecule has 2 nitrogen and oxygen atoms in total. The Labute approximate surface area is 61.8 Å². The van der Waals surface area contributed by atoms with Gasteiger partial charge in [0.1, 0.15) is 0 Å². The molecule has 0 radical (unpaired) electrons. The molecule has 3 aliphatic rings. The smallest absolute Gasteiger partial charge is 0.0586 e. The van der Waals surface area contributed by atoms with Crippen LogP contribution >= 0.6 is 0 Å². The van der Waals surface area contributed by atoms with Crippen LogP contribution in [0, 0.1) is 5.92 Å². The Morgan fingerprint density at radius 2 is 2.10 bits per heavy atom. The minimum absolute atomic E-state index is 0.351. The summed E-state index contributed by atoms with van der Waals surface area (Å²) in [5, 5.41) is 8.96. The van der Waals surface area contributed by atoms with Gasteiger partial charge in [0.15, 0.2) is 0 Å². The average Bonchev–Trinajstić information content (AvgIpc) is 1.85. The van der Waals surface area contributed by atoms with Gasteiger partial charge in [-0.05, 0) is 32.2 Å². The molecule has 1 unspecified atom stereocenters. The SMILES string of the molecule is CN1C(CO)CC2CC1C2. The zero-order valence-corrected chi connectivity index (χ0v) is 6.45. The number of rotatable bonds is 1. The van der Waals surface area contributed by atoms with Crippen LogP contribution in [0.3, 0.4) is 0 Å². The molecule has 58 valence electrons. The molecular weight excluding hydrogens is 126 g/mol. The Hall–Kier alpha value is -0.0800. The third-order valence-corrected chi connectivity index (χ3v) is 3.18. The normalized spacial score (nSPS) is 46.8. The van der Waals surface area contributed by atoms with Gasteiger partial charge in [-0.25, -0.2) is 0 Å². The monoisotopic (exact) mass is 141 g/mol. The zero-order chi connectivity index (χ0) is 7.14. The molecule has 10 heavy (non-hydrogen) atoms. The summed E-state index contributed by atoms with van der Waals surface area (Å²) < 4.78 is 0. The van der Waals surface area contributed by atoms with Crippen molar-refractivity contribution >= 4 is 0 Å². The van der Waals surface area contributed by atoms with Gasteiger partial charge in [-0.1, -0.05) is 0 Å². The van der Waals surface area contributed by atoms with Crippen LogP contribution in [-0.2, 0) is 0 Å². The molecule has 2 heterocycles. The highest BCUT2D eigenvalue weighted by atomic mass is 16.3. The van der Waals surface area contributed by atoms with Gasteiger partial charge in [0.05, 0.1) is 6.61 Å². The molecule has 1 N–H and O–H groups in total. The van der Waals surface area contributed by atoms with Gasteiger partial charge in [-0.15, -0.1) is 0 Å². The fourth-order valence-electron chi connectivity index (χ4n) is 2.28. The summed E-state index contributed by atoms with van der Waals surface area (Å²) in [5.41, 5.74) is 0. The number of hydrogen-bond acceptors (Lipinski definition) is 2. The number of aliphatic hydroxyl groups is 1. The summed E-state index contributed by atoms with van der Waals surface area (Å²) in [6.07, 6.45) is 3.99. The third kappa shape index (κ3) is 0.789. The molecule has 1 saturated carbocycles. The molecule has 0 aromatic heterocycles. The van der Waals surface area contributed by atoms with Crippen molar-refractivity contribution in [1.82, 2.24) is 4.90 Å². The number of fused-ring (bicyclic) bond motifs is 2. The van der Waals surface area contributed by atoms with Gasteiger partial charge in [-0.3, -0.25) is 4.90 Å². The highest BCUT2D eigenvalue weighted by molar-refractivity contribution is 4.96. The van der Waals surface area contributed by atoms with Crippen molar-refractivity contribution in [2.24, 2.45) is 5.92 Å². The molecule has 3 rings (SSSR count). The average molecular weight is 141 g/mol. The van der Waals surface area contributed by atoms with Gasteiger partial charge in [0, 0.05) is 12.1 Å². The molecular formula is C8H15NO. The molecule has 0 aromatic carbocycles. The van der Waals surface area contributed by atoms with E-state index in [0.717, 1.165) is 12.0 Å². The maximum absolute atomic E-state index is 8.96. The quantitative estimate of drug-likeness (QED) is 0.573. The molecule has 3 fully saturated rings. The second-order valence-corrected chi connectivity index (χ2v) is 3.73. The molecule has 2 saturated heterocycles. The summed E-state index contributed by atoms with van der Waals surface area (Å²) >= 11 is 0. The fraction of sp³-hybridized carbons (Fsp3) is 1.00. The van der Waals surface area contributed by atoms with Gasteiger partial charge in [0.2, 0.25) is 0 Å². The lowest BCUT2D eigenvalue weighted by Gasteiger charge is -2.51. The number of nitrogens with zero attached hydrogens (tertiary/aromatic N) is 1. The van der Waals surface area contributed by atoms with Crippen molar-refractivity contribution in [3.63, 3.8) is 0 Å². The van der Waals surface area contributed by atoms with Gasteiger partial charge in [0.25, 0.3) is 0 Å². The summed E-state index contributed by atoms with van der Waals surface area (Å²) in [6.45, 7) is 0.351. The van der Waals surface area contributed by atoms with Crippen molar-refractivity contribution in [3.8, 4) is 0 Å². The molecule has 1 atom stereocenters. The van der Waals surface area contributed by atoms with Crippen LogP contribution in [0.15, 0.2) is 0 Å². The minimum atomic E-state index is 0.351. The standard InChI is InChI=1S/C8H15NO/c1-9-7-2-6(3-7)4-8(9)5-10/h6-8,10H,2-5H2,1H3. The summed E-state index contributed by atoms with van der Waals surface area (Å²) in [7, 11) is 2.14. The van der Waals surface area contributed by atoms with Crippen LogP contribution in [0.2, 0.25) is 0 Å². The zero-order valence-electron chi connectivity index (χ0n) is 6.45. The Morgan fingerprint density at radius 3 is 2.50 bits per heavy atom. The van der Waals surface area contributed by atoms with E-state index in [2.05, 4.69) is 11.9 Å². The summed E-state index contributed by atoms with van der Waals surface area (Å²) in [4.78, 5) is 2.35. The Bertz CT molecular complexity index is 131. The van der Waals surface area contributed by atoms with Crippen LogP contribution in [0.1, 0.15) is 19.3 Å². The van der Waals surface area contributed by atoms with E-state index in [1.807, 2.05) is 0 Å². The molecule has 0 spiro atoms. The second-order valence-electron chi connectivity index (χ2n) is 3.73. The van der Waals surface area contributed by atoms with Crippen molar-refractivity contribution in [2.45, 2.75) is 31.3 Å². The van der Waals surface area contributed by atoms with E-state index in [1.54, 1.807) is 0 Å². The first-order valence-electron chi connectivity index (χ1n) is 4.14. The van der Waals surface area contributed by atoms with Crippen LogP contribution in [0.25, 0.3) is 0 Å². The number of hydrogen-bond donors (Lipinski definition) is 1. The molecule has 0 aromatic rings. The summed E-state index contributed by atoms with van der Waals surface area (Å²) in [5.74, 6) is 0.943. The number of aliphatic hydroxyl groups excluding tert-OH is 1. The van der Waals surface area contributed by atoms with Crippen LogP contribution in [0.5, 0.6) is 0 Å². The minimum Gasteiger partial charge on any atom is -0.395 e. The first kappa shape index (κ1) is 6.62. The Balaban J connectivity index is 1.99. The third-order valence-electron chi connectivity index (χ3n) is 3.18. The van der Waals surface area contributed by atoms with Crippen LogP contribution < -0.4 is 0 Å². The van der Waals surface area contributed by atoms with Crippen molar-refractivity contribution in [1.29, 1.82) is 0 Å². The lowest BCUT2D eigenvalue weighted by atomic mass is 9.71. The Morgan fingerprint density at radius 1 is 1.40 bits per heavy atom. The van der Waals surface area contributed by atoms with E-state index in [4.69, 9.17) is 5.11 Å². The van der Waals surface area contributed by atoms with Crippen LogP contribution in [-0.4, -0.2) is 35.7 Å². The molecule has 1 aliphatic carbocycles. The van der Waals surface area contributed by atoms with E-state index in [9.17, 15) is 0 Å². The summed E-state index contributed by atoms with van der Waals surface area (Å²) in [6, 6.07) is 1.27. The highest BCUT2D eigenvalue weighted by Crippen LogP contribution is 2.41. The predicted octanol–water partition coefficient (Wildman–Crippen LogP) is 0.461. The highest BCUT2D eigenvalue weighted by Gasteiger charge is 2.41. The van der Waals surface area contributed by atoms with Gasteiger partial charge in [-0.2, -0.15) is 0 Å². The van der Waals surface area contributed by atoms with E-state index in [-0.39, 0.29) is 0 Å². The topological polar surface area (TPSA) is 23.5 Å². The maximum Gasteiger partial charge on any atom is 0.0586 e. The van der Waals surface area contributed by atoms with Crippen molar-refractivity contribution in [2.75, 3.05) is 13.7 Å². The van der Waals surface area contributed by atoms with Gasteiger partial charge < -0.3 is 5.11 Å². The number of piperidine rings is 2. The fourth-order valence-corrected chi connectivity index (χ4v) is 2.28. The van der Waals surface area contributed by atoms with Crippen molar-refractivity contribution < 1.29 is 5.11 Å². The van der Waals surface area contributed by atoms with E-state index in [0.29, 0.717) is 12.6 Å². The molecule has 2 aliphatic heterocycles. The predicted molar refractivity (Wildman–Crippen MR) is 39.8 cm³/mol. The van der Waals surface area contributed by atoms with E-state index < -0.39 is 0 Å². The first-order chi connectivity index (χ1) is 4.81. The van der Waals surface area contributed by atoms with Crippen molar-refractivity contribution in [3.05, 3.63) is 0 Å². The number of likely N-dealkylation sites (N-methyl/N-ethyl adjacent to an activating group) is 1. The molecule has 0 amide bonds.